The number of halogens is 2. The molecular weight excluding hydrogens is 451 g/mol. The van der Waals surface area contributed by atoms with E-state index < -0.39 is 0 Å². The second-order valence-corrected chi connectivity index (χ2v) is 7.82. The van der Waals surface area contributed by atoms with Gasteiger partial charge in [0.25, 0.3) is 0 Å². The summed E-state index contributed by atoms with van der Waals surface area (Å²) < 4.78 is 16.9. The summed E-state index contributed by atoms with van der Waals surface area (Å²) in [5, 5.41) is 3.85. The third-order valence-electron chi connectivity index (χ3n) is 4.71. The number of carbonyl (C=O) groups is 1. The minimum absolute atomic E-state index is 0.125. The lowest BCUT2D eigenvalue weighted by Gasteiger charge is -2.08. The van der Waals surface area contributed by atoms with Crippen LogP contribution in [-0.2, 0) is 4.79 Å². The van der Waals surface area contributed by atoms with Gasteiger partial charge in [-0.25, -0.2) is 4.98 Å². The number of para-hydroxylation sites is 1. The Morgan fingerprint density at radius 2 is 1.91 bits per heavy atom. The molecule has 32 heavy (non-hydrogen) atoms. The molecule has 0 radical (unpaired) electrons. The summed E-state index contributed by atoms with van der Waals surface area (Å²) in [4.78, 5) is 16.8. The van der Waals surface area contributed by atoms with Gasteiger partial charge in [-0.05, 0) is 48.9 Å². The van der Waals surface area contributed by atoms with Gasteiger partial charge in [0.05, 0.1) is 24.3 Å². The number of hydrogen-bond acceptors (Lipinski definition) is 5. The average Bonchev–Trinajstić information content (AvgIpc) is 3.21. The molecule has 0 aliphatic carbocycles. The number of anilines is 1. The number of methoxy groups -OCH3 is 1. The maximum Gasteiger partial charge on any atom is 0.231 e. The first-order valence-electron chi connectivity index (χ1n) is 9.95. The Kier molecular flexibility index (Phi) is 6.83. The highest BCUT2D eigenvalue weighted by Crippen LogP contribution is 2.32. The van der Waals surface area contributed by atoms with Crippen LogP contribution in [0.2, 0.25) is 10.0 Å². The lowest BCUT2D eigenvalue weighted by Crippen LogP contribution is -2.12. The summed E-state index contributed by atoms with van der Waals surface area (Å²) in [6.45, 7) is 0.359. The first kappa shape index (κ1) is 22.0. The van der Waals surface area contributed by atoms with Gasteiger partial charge in [0.2, 0.25) is 11.8 Å². The van der Waals surface area contributed by atoms with E-state index in [0.29, 0.717) is 63.7 Å². The summed E-state index contributed by atoms with van der Waals surface area (Å²) in [6.07, 6.45) is 0.833. The summed E-state index contributed by atoms with van der Waals surface area (Å²) >= 11 is 11.9. The fourth-order valence-corrected chi connectivity index (χ4v) is 3.63. The molecule has 164 valence electrons. The van der Waals surface area contributed by atoms with Gasteiger partial charge < -0.3 is 19.2 Å². The van der Waals surface area contributed by atoms with E-state index in [-0.39, 0.29) is 5.91 Å². The van der Waals surface area contributed by atoms with Gasteiger partial charge in [0.15, 0.2) is 5.58 Å². The van der Waals surface area contributed by atoms with E-state index in [1.807, 2.05) is 24.3 Å². The number of nitrogens with zero attached hydrogens (tertiary/aromatic N) is 1. The van der Waals surface area contributed by atoms with Gasteiger partial charge in [-0.3, -0.25) is 4.79 Å². The van der Waals surface area contributed by atoms with E-state index in [1.165, 1.54) is 0 Å². The molecule has 0 atom stereocenters. The second-order valence-electron chi connectivity index (χ2n) is 6.98. The molecular formula is C24H20Cl2N2O4. The number of carbonyl (C=O) groups excluding carboxylic acids is 1. The fourth-order valence-electron chi connectivity index (χ4n) is 3.17. The molecule has 4 rings (SSSR count). The number of amides is 1. The molecule has 1 amide bonds. The molecule has 3 aromatic carbocycles. The number of benzene rings is 3. The van der Waals surface area contributed by atoms with Crippen molar-refractivity contribution in [3.8, 4) is 23.0 Å². The molecule has 0 fully saturated rings. The highest BCUT2D eigenvalue weighted by Gasteiger charge is 2.13. The van der Waals surface area contributed by atoms with Gasteiger partial charge in [0.1, 0.15) is 17.0 Å². The average molecular weight is 471 g/mol. The topological polar surface area (TPSA) is 73.6 Å². The van der Waals surface area contributed by atoms with Crippen molar-refractivity contribution in [1.82, 2.24) is 4.98 Å². The van der Waals surface area contributed by atoms with Crippen LogP contribution in [0.3, 0.4) is 0 Å². The number of nitrogens with one attached hydrogen (secondary N) is 1. The van der Waals surface area contributed by atoms with Crippen LogP contribution in [0.25, 0.3) is 22.6 Å². The summed E-state index contributed by atoms with van der Waals surface area (Å²) in [5.74, 6) is 1.55. The van der Waals surface area contributed by atoms with Gasteiger partial charge in [-0.15, -0.1) is 0 Å². The highest BCUT2D eigenvalue weighted by molar-refractivity contribution is 6.35. The molecule has 0 spiro atoms. The highest BCUT2D eigenvalue weighted by atomic mass is 35.5. The molecule has 1 N–H and O–H groups in total. The Hall–Kier alpha value is -3.22. The fraction of sp³-hybridized carbons (Fsp3) is 0.167. The van der Waals surface area contributed by atoms with Crippen molar-refractivity contribution in [2.24, 2.45) is 0 Å². The van der Waals surface area contributed by atoms with Gasteiger partial charge in [-0.1, -0.05) is 35.3 Å². The molecule has 1 heterocycles. The molecule has 0 bridgehead atoms. The number of hydrogen-bond donors (Lipinski definition) is 1. The Morgan fingerprint density at radius 3 is 2.72 bits per heavy atom. The largest absolute Gasteiger partial charge is 0.496 e. The molecule has 6 nitrogen and oxygen atoms in total. The standard InChI is InChI=1S/C24H20Cl2N2O4/c1-30-20-6-3-2-5-17(20)24-28-19-10-9-16(14-22(19)32-24)27-23(29)7-4-12-31-21-11-8-15(25)13-18(21)26/h2-3,5-6,8-11,13-14H,4,7,12H2,1H3,(H,27,29). The van der Waals surface area contributed by atoms with Crippen LogP contribution >= 0.6 is 23.2 Å². The molecule has 8 heteroatoms. The van der Waals surface area contributed by atoms with E-state index in [2.05, 4.69) is 10.3 Å². The number of oxazole rings is 1. The van der Waals surface area contributed by atoms with Crippen molar-refractivity contribution < 1.29 is 18.7 Å². The van der Waals surface area contributed by atoms with E-state index in [9.17, 15) is 4.79 Å². The monoisotopic (exact) mass is 470 g/mol. The number of aromatic nitrogens is 1. The third-order valence-corrected chi connectivity index (χ3v) is 5.24. The number of ether oxygens (including phenoxy) is 2. The SMILES string of the molecule is COc1ccccc1-c1nc2ccc(NC(=O)CCCOc3ccc(Cl)cc3Cl)cc2o1. The predicted octanol–water partition coefficient (Wildman–Crippen LogP) is 6.61. The van der Waals surface area contributed by atoms with E-state index >= 15 is 0 Å². The van der Waals surface area contributed by atoms with Crippen molar-refractivity contribution >= 4 is 45.9 Å². The van der Waals surface area contributed by atoms with E-state index in [1.54, 1.807) is 43.5 Å². The van der Waals surface area contributed by atoms with Crippen LogP contribution in [0, 0.1) is 0 Å². The summed E-state index contributed by atoms with van der Waals surface area (Å²) in [5.41, 5.74) is 2.66. The first-order chi connectivity index (χ1) is 15.5. The normalized spacial score (nSPS) is 10.8. The molecule has 0 saturated carbocycles. The zero-order valence-electron chi connectivity index (χ0n) is 17.2. The minimum Gasteiger partial charge on any atom is -0.496 e. The number of rotatable bonds is 8. The quantitative estimate of drug-likeness (QED) is 0.293. The van der Waals surface area contributed by atoms with Crippen LogP contribution in [0.5, 0.6) is 11.5 Å². The third kappa shape index (κ3) is 5.15. The van der Waals surface area contributed by atoms with Gasteiger partial charge in [-0.2, -0.15) is 0 Å². The van der Waals surface area contributed by atoms with Crippen LogP contribution in [0.4, 0.5) is 5.69 Å². The van der Waals surface area contributed by atoms with Crippen molar-refractivity contribution in [3.63, 3.8) is 0 Å². The molecule has 0 aliphatic heterocycles. The lowest BCUT2D eigenvalue weighted by molar-refractivity contribution is -0.116. The maximum absolute atomic E-state index is 12.3. The van der Waals surface area contributed by atoms with Gasteiger partial charge >= 0.3 is 0 Å². The van der Waals surface area contributed by atoms with Crippen molar-refractivity contribution in [1.29, 1.82) is 0 Å². The second kappa shape index (κ2) is 9.94. The molecule has 1 aromatic heterocycles. The van der Waals surface area contributed by atoms with Crippen molar-refractivity contribution in [2.75, 3.05) is 19.0 Å². The van der Waals surface area contributed by atoms with Crippen LogP contribution in [0.1, 0.15) is 12.8 Å². The predicted molar refractivity (Wildman–Crippen MR) is 126 cm³/mol. The zero-order valence-corrected chi connectivity index (χ0v) is 18.7. The zero-order chi connectivity index (χ0) is 22.5. The first-order valence-corrected chi connectivity index (χ1v) is 10.7. The summed E-state index contributed by atoms with van der Waals surface area (Å²) in [7, 11) is 1.60. The maximum atomic E-state index is 12.3. The Bertz CT molecular complexity index is 1260. The Morgan fingerprint density at radius 1 is 1.06 bits per heavy atom. The molecule has 4 aromatic rings. The van der Waals surface area contributed by atoms with Crippen molar-refractivity contribution in [2.45, 2.75) is 12.8 Å². The minimum atomic E-state index is -0.125. The lowest BCUT2D eigenvalue weighted by atomic mass is 10.2. The molecule has 0 saturated heterocycles. The van der Waals surface area contributed by atoms with Gasteiger partial charge in [0, 0.05) is 23.2 Å². The summed E-state index contributed by atoms with van der Waals surface area (Å²) in [6, 6.07) is 17.9. The molecule has 0 unspecified atom stereocenters. The Balaban J connectivity index is 1.35. The van der Waals surface area contributed by atoms with E-state index in [4.69, 9.17) is 37.1 Å². The molecule has 0 aliphatic rings. The number of fused-ring (bicyclic) bond motifs is 1. The van der Waals surface area contributed by atoms with Crippen LogP contribution < -0.4 is 14.8 Å². The van der Waals surface area contributed by atoms with Crippen LogP contribution in [-0.4, -0.2) is 24.6 Å². The smallest absolute Gasteiger partial charge is 0.231 e. The van der Waals surface area contributed by atoms with Crippen LogP contribution in [0.15, 0.2) is 65.1 Å². The van der Waals surface area contributed by atoms with Crippen molar-refractivity contribution in [3.05, 3.63) is 70.7 Å². The Labute approximate surface area is 195 Å². The van der Waals surface area contributed by atoms with E-state index in [0.717, 1.165) is 5.56 Å².